The largest absolute Gasteiger partial charge is 0.439 e. The summed E-state index contributed by atoms with van der Waals surface area (Å²) in [5.41, 5.74) is 1.93. The van der Waals surface area contributed by atoms with E-state index in [1.54, 1.807) is 18.2 Å². The van der Waals surface area contributed by atoms with Crippen LogP contribution in [0.15, 0.2) is 57.7 Å². The Hall–Kier alpha value is -2.13. The quantitative estimate of drug-likeness (QED) is 0.670. The van der Waals surface area contributed by atoms with E-state index in [0.29, 0.717) is 16.3 Å². The van der Waals surface area contributed by atoms with Crippen molar-refractivity contribution in [3.05, 3.63) is 64.1 Å². The third-order valence-corrected chi connectivity index (χ3v) is 2.88. The van der Waals surface area contributed by atoms with Crippen molar-refractivity contribution in [3.63, 3.8) is 0 Å². The van der Waals surface area contributed by atoms with E-state index in [9.17, 15) is 4.79 Å². The van der Waals surface area contributed by atoms with Crippen molar-refractivity contribution < 1.29 is 4.42 Å². The molecule has 0 bridgehead atoms. The Morgan fingerprint density at radius 3 is 2.61 bits per heavy atom. The highest BCUT2D eigenvalue weighted by Crippen LogP contribution is 2.27. The molecule has 3 aromatic rings. The number of hydrogen-bond acceptors (Lipinski definition) is 3. The number of halogens is 1. The van der Waals surface area contributed by atoms with E-state index >= 15 is 0 Å². The Morgan fingerprint density at radius 1 is 1.06 bits per heavy atom. The van der Waals surface area contributed by atoms with Crippen LogP contribution >= 0.6 is 11.6 Å². The fraction of sp³-hybridized carbons (Fsp3) is 0. The molecule has 18 heavy (non-hydrogen) atoms. The summed E-state index contributed by atoms with van der Waals surface area (Å²) in [6, 6.07) is 14.6. The standard InChI is InChI=1S/C14H8ClNO2/c15-10-6-7-12-11(8-10)13(16-14(17)18-12)9-4-2-1-3-5-9/h1-8H. The molecule has 0 radical (unpaired) electrons. The molecule has 0 saturated heterocycles. The topological polar surface area (TPSA) is 43.1 Å². The van der Waals surface area contributed by atoms with Gasteiger partial charge in [0.1, 0.15) is 5.58 Å². The lowest BCUT2D eigenvalue weighted by atomic mass is 10.1. The zero-order valence-electron chi connectivity index (χ0n) is 9.26. The lowest BCUT2D eigenvalue weighted by Crippen LogP contribution is -2.05. The molecule has 2 aromatic carbocycles. The monoisotopic (exact) mass is 257 g/mol. The van der Waals surface area contributed by atoms with Crippen LogP contribution in [0.25, 0.3) is 22.2 Å². The first-order chi connectivity index (χ1) is 8.74. The minimum atomic E-state index is -0.608. The Balaban J connectivity index is 2.41. The summed E-state index contributed by atoms with van der Waals surface area (Å²) >= 11 is 5.97. The van der Waals surface area contributed by atoms with E-state index < -0.39 is 5.76 Å². The van der Waals surface area contributed by atoms with Gasteiger partial charge in [-0.15, -0.1) is 0 Å². The number of hydrogen-bond donors (Lipinski definition) is 0. The second kappa shape index (κ2) is 4.27. The molecule has 0 amide bonds. The number of benzene rings is 2. The maximum absolute atomic E-state index is 11.5. The maximum Gasteiger partial charge on any atom is 0.439 e. The van der Waals surface area contributed by atoms with Gasteiger partial charge < -0.3 is 4.42 Å². The highest BCUT2D eigenvalue weighted by atomic mass is 35.5. The Bertz CT molecular complexity index is 766. The lowest BCUT2D eigenvalue weighted by Gasteiger charge is -2.04. The molecule has 0 N–H and O–H groups in total. The maximum atomic E-state index is 11.5. The Kier molecular flexibility index (Phi) is 2.61. The predicted octanol–water partition coefficient (Wildman–Crippen LogP) is 3.51. The van der Waals surface area contributed by atoms with Crippen LogP contribution in [0.5, 0.6) is 0 Å². The van der Waals surface area contributed by atoms with Gasteiger partial charge in [0.15, 0.2) is 0 Å². The second-order valence-electron chi connectivity index (χ2n) is 3.83. The molecule has 0 fully saturated rings. The Morgan fingerprint density at radius 2 is 1.83 bits per heavy atom. The highest BCUT2D eigenvalue weighted by molar-refractivity contribution is 6.31. The molecule has 0 spiro atoms. The summed E-state index contributed by atoms with van der Waals surface area (Å²) < 4.78 is 5.05. The van der Waals surface area contributed by atoms with Crippen LogP contribution in [0.1, 0.15) is 0 Å². The number of nitrogens with zero attached hydrogens (tertiary/aromatic N) is 1. The third-order valence-electron chi connectivity index (χ3n) is 2.64. The van der Waals surface area contributed by atoms with Crippen molar-refractivity contribution in [2.24, 2.45) is 0 Å². The van der Waals surface area contributed by atoms with Crippen molar-refractivity contribution in [3.8, 4) is 11.3 Å². The van der Waals surface area contributed by atoms with Crippen LogP contribution < -0.4 is 5.76 Å². The van der Waals surface area contributed by atoms with E-state index in [1.807, 2.05) is 30.3 Å². The molecule has 3 rings (SSSR count). The molecule has 0 saturated carbocycles. The van der Waals surface area contributed by atoms with E-state index in [1.165, 1.54) is 0 Å². The molecule has 4 heteroatoms. The zero-order valence-corrected chi connectivity index (χ0v) is 10.0. The number of rotatable bonds is 1. The first kappa shape index (κ1) is 11.0. The van der Waals surface area contributed by atoms with Gasteiger partial charge in [0.2, 0.25) is 0 Å². The second-order valence-corrected chi connectivity index (χ2v) is 4.27. The smallest absolute Gasteiger partial charge is 0.408 e. The summed E-state index contributed by atoms with van der Waals surface area (Å²) in [6.45, 7) is 0. The van der Waals surface area contributed by atoms with Crippen LogP contribution in [0.3, 0.4) is 0 Å². The summed E-state index contributed by atoms with van der Waals surface area (Å²) in [7, 11) is 0. The first-order valence-electron chi connectivity index (χ1n) is 5.40. The van der Waals surface area contributed by atoms with E-state index in [0.717, 1.165) is 10.9 Å². The molecular formula is C14H8ClNO2. The van der Waals surface area contributed by atoms with Gasteiger partial charge in [0.05, 0.1) is 5.69 Å². The van der Waals surface area contributed by atoms with Gasteiger partial charge in [-0.1, -0.05) is 41.9 Å². The predicted molar refractivity (Wildman–Crippen MR) is 70.7 cm³/mol. The van der Waals surface area contributed by atoms with E-state index in [-0.39, 0.29) is 0 Å². The Labute approximate surface area is 108 Å². The van der Waals surface area contributed by atoms with Crippen LogP contribution in [0.4, 0.5) is 0 Å². The fourth-order valence-electron chi connectivity index (χ4n) is 1.86. The normalized spacial score (nSPS) is 10.7. The zero-order chi connectivity index (χ0) is 12.5. The van der Waals surface area contributed by atoms with Crippen molar-refractivity contribution in [1.82, 2.24) is 4.98 Å². The number of fused-ring (bicyclic) bond motifs is 1. The van der Waals surface area contributed by atoms with Crippen LogP contribution in [-0.4, -0.2) is 4.98 Å². The summed E-state index contributed by atoms with van der Waals surface area (Å²) in [5.74, 6) is -0.608. The molecular weight excluding hydrogens is 250 g/mol. The molecule has 0 unspecified atom stereocenters. The highest BCUT2D eigenvalue weighted by Gasteiger charge is 2.09. The lowest BCUT2D eigenvalue weighted by molar-refractivity contribution is 0.533. The molecule has 0 atom stereocenters. The van der Waals surface area contributed by atoms with Gasteiger partial charge in [-0.3, -0.25) is 0 Å². The molecule has 0 aliphatic heterocycles. The van der Waals surface area contributed by atoms with Gasteiger partial charge in [0.25, 0.3) is 0 Å². The average Bonchev–Trinajstić information content (AvgIpc) is 2.39. The molecule has 1 aromatic heterocycles. The molecule has 1 heterocycles. The minimum Gasteiger partial charge on any atom is -0.408 e. The third kappa shape index (κ3) is 1.89. The molecule has 3 nitrogen and oxygen atoms in total. The van der Waals surface area contributed by atoms with Gasteiger partial charge in [-0.25, -0.2) is 4.79 Å². The fourth-order valence-corrected chi connectivity index (χ4v) is 2.03. The van der Waals surface area contributed by atoms with Crippen molar-refractivity contribution in [1.29, 1.82) is 0 Å². The van der Waals surface area contributed by atoms with E-state index in [4.69, 9.17) is 16.0 Å². The summed E-state index contributed by atoms with van der Waals surface area (Å²) in [5, 5.41) is 1.31. The minimum absolute atomic E-state index is 0.484. The van der Waals surface area contributed by atoms with Crippen LogP contribution in [0, 0.1) is 0 Å². The van der Waals surface area contributed by atoms with Crippen molar-refractivity contribution in [2.75, 3.05) is 0 Å². The van der Waals surface area contributed by atoms with E-state index in [2.05, 4.69) is 4.98 Å². The molecule has 0 aliphatic carbocycles. The summed E-state index contributed by atoms with van der Waals surface area (Å²) in [4.78, 5) is 15.4. The van der Waals surface area contributed by atoms with Crippen LogP contribution in [-0.2, 0) is 0 Å². The molecule has 0 aliphatic rings. The SMILES string of the molecule is O=c1nc(-c2ccccc2)c2cc(Cl)ccc2o1. The number of aromatic nitrogens is 1. The van der Waals surface area contributed by atoms with Crippen molar-refractivity contribution in [2.45, 2.75) is 0 Å². The van der Waals surface area contributed by atoms with Gasteiger partial charge >= 0.3 is 5.76 Å². The van der Waals surface area contributed by atoms with Crippen LogP contribution in [0.2, 0.25) is 5.02 Å². The first-order valence-corrected chi connectivity index (χ1v) is 5.78. The van der Waals surface area contributed by atoms with Gasteiger partial charge in [0, 0.05) is 16.0 Å². The average molecular weight is 258 g/mol. The summed E-state index contributed by atoms with van der Waals surface area (Å²) in [6.07, 6.45) is 0. The van der Waals surface area contributed by atoms with Gasteiger partial charge in [-0.2, -0.15) is 4.98 Å². The van der Waals surface area contributed by atoms with Crippen molar-refractivity contribution >= 4 is 22.6 Å². The van der Waals surface area contributed by atoms with Gasteiger partial charge in [-0.05, 0) is 18.2 Å². The molecule has 88 valence electrons.